The van der Waals surface area contributed by atoms with Gasteiger partial charge >= 0.3 is 11.9 Å². The van der Waals surface area contributed by atoms with Crippen LogP contribution in [-0.4, -0.2) is 32.4 Å². The number of ether oxygens (including phenoxy) is 2. The molecular weight excluding hydrogens is 382 g/mol. The van der Waals surface area contributed by atoms with Gasteiger partial charge in [0.2, 0.25) is 0 Å². The average Bonchev–Trinajstić information content (AvgIpc) is 2.59. The van der Waals surface area contributed by atoms with Gasteiger partial charge in [-0.3, -0.25) is 0 Å². The van der Waals surface area contributed by atoms with Crippen molar-refractivity contribution in [2.75, 3.05) is 11.6 Å². The molecule has 3 rings (SSSR count). The van der Waals surface area contributed by atoms with E-state index in [0.717, 1.165) is 17.4 Å². The van der Waals surface area contributed by atoms with Crippen LogP contribution in [0.25, 0.3) is 11.1 Å². The van der Waals surface area contributed by atoms with Gasteiger partial charge in [0, 0.05) is 32.0 Å². The zero-order valence-electron chi connectivity index (χ0n) is 15.6. The monoisotopic (exact) mass is 401 g/mol. The molecule has 1 saturated heterocycles. The highest BCUT2D eigenvalue weighted by Crippen LogP contribution is 2.25. The first-order valence-corrected chi connectivity index (χ1v) is 10.3. The highest BCUT2D eigenvalue weighted by molar-refractivity contribution is 7.90. The van der Waals surface area contributed by atoms with Gasteiger partial charge in [-0.2, -0.15) is 0 Å². The van der Waals surface area contributed by atoms with E-state index in [9.17, 15) is 18.0 Å². The van der Waals surface area contributed by atoms with E-state index >= 15 is 0 Å². The van der Waals surface area contributed by atoms with Crippen molar-refractivity contribution in [3.63, 3.8) is 0 Å². The lowest BCUT2D eigenvalue weighted by Gasteiger charge is -2.29. The maximum atomic E-state index is 12.0. The van der Waals surface area contributed by atoms with Gasteiger partial charge in [0.05, 0.1) is 4.90 Å². The molecule has 2 aromatic carbocycles. The minimum atomic E-state index is -3.26. The highest BCUT2D eigenvalue weighted by atomic mass is 32.2. The van der Waals surface area contributed by atoms with Gasteiger partial charge in [-0.25, -0.2) is 18.0 Å². The maximum absolute atomic E-state index is 12.0. The number of carbonyl (C=O) groups excluding carboxylic acids is 2. The molecule has 1 N–H and O–H groups in total. The maximum Gasteiger partial charge on any atom is 0.350 e. The lowest BCUT2D eigenvalue weighted by Crippen LogP contribution is -2.42. The molecule has 7 nitrogen and oxygen atoms in total. The number of rotatable bonds is 4. The van der Waals surface area contributed by atoms with Crippen LogP contribution in [0.5, 0.6) is 0 Å². The molecule has 0 spiro atoms. The Morgan fingerprint density at radius 1 is 0.929 bits per heavy atom. The number of anilines is 1. The molecule has 1 aliphatic rings. The summed E-state index contributed by atoms with van der Waals surface area (Å²) in [6, 6.07) is 13.7. The van der Waals surface area contributed by atoms with E-state index in [-0.39, 0.29) is 10.5 Å². The van der Waals surface area contributed by atoms with Crippen LogP contribution < -0.4 is 5.32 Å². The molecule has 28 heavy (non-hydrogen) atoms. The molecule has 0 atom stereocenters. The van der Waals surface area contributed by atoms with Crippen LogP contribution in [0.4, 0.5) is 5.69 Å². The molecule has 0 aromatic heterocycles. The van der Waals surface area contributed by atoms with Crippen LogP contribution in [0.15, 0.2) is 65.2 Å². The molecule has 8 heteroatoms. The fraction of sp³-hybridized carbons (Fsp3) is 0.200. The van der Waals surface area contributed by atoms with Crippen molar-refractivity contribution in [1.82, 2.24) is 0 Å². The number of cyclic esters (lactones) is 2. The van der Waals surface area contributed by atoms with Crippen LogP contribution in [0.2, 0.25) is 0 Å². The van der Waals surface area contributed by atoms with E-state index < -0.39 is 27.6 Å². The molecule has 0 saturated carbocycles. The first kappa shape index (κ1) is 19.6. The van der Waals surface area contributed by atoms with Crippen LogP contribution >= 0.6 is 0 Å². The first-order valence-electron chi connectivity index (χ1n) is 8.39. The fourth-order valence-corrected chi connectivity index (χ4v) is 3.25. The van der Waals surface area contributed by atoms with Crippen molar-refractivity contribution in [1.29, 1.82) is 0 Å². The second-order valence-corrected chi connectivity index (χ2v) is 8.77. The third-order valence-corrected chi connectivity index (χ3v) is 5.11. The second kappa shape index (κ2) is 7.12. The Kier molecular flexibility index (Phi) is 4.99. The largest absolute Gasteiger partial charge is 0.419 e. The molecule has 146 valence electrons. The smallest absolute Gasteiger partial charge is 0.350 e. The van der Waals surface area contributed by atoms with Gasteiger partial charge in [-0.1, -0.05) is 24.3 Å². The number of hydrogen-bond donors (Lipinski definition) is 1. The third kappa shape index (κ3) is 4.40. The van der Waals surface area contributed by atoms with Gasteiger partial charge in [0.15, 0.2) is 15.4 Å². The van der Waals surface area contributed by atoms with Crippen LogP contribution in [-0.2, 0) is 28.9 Å². The fourth-order valence-electron chi connectivity index (χ4n) is 2.62. The summed E-state index contributed by atoms with van der Waals surface area (Å²) in [5.74, 6) is -2.81. The van der Waals surface area contributed by atoms with Gasteiger partial charge in [0.1, 0.15) is 0 Å². The van der Waals surface area contributed by atoms with Crippen molar-refractivity contribution < 1.29 is 27.5 Å². The summed E-state index contributed by atoms with van der Waals surface area (Å²) in [5, 5.41) is 2.89. The van der Waals surface area contributed by atoms with Crippen molar-refractivity contribution in [3.05, 3.63) is 60.3 Å². The summed E-state index contributed by atoms with van der Waals surface area (Å²) < 4.78 is 33.2. The van der Waals surface area contributed by atoms with Crippen molar-refractivity contribution in [2.24, 2.45) is 0 Å². The molecule has 0 unspecified atom stereocenters. The van der Waals surface area contributed by atoms with Gasteiger partial charge in [-0.05, 0) is 35.4 Å². The van der Waals surface area contributed by atoms with Crippen LogP contribution in [0.3, 0.4) is 0 Å². The second-order valence-electron chi connectivity index (χ2n) is 6.76. The number of esters is 2. The minimum absolute atomic E-state index is 0.234. The summed E-state index contributed by atoms with van der Waals surface area (Å²) in [4.78, 5) is 24.2. The molecule has 0 radical (unpaired) electrons. The van der Waals surface area contributed by atoms with Crippen molar-refractivity contribution in [3.8, 4) is 11.1 Å². The van der Waals surface area contributed by atoms with Crippen LogP contribution in [0, 0.1) is 0 Å². The average molecular weight is 401 g/mol. The zero-order valence-corrected chi connectivity index (χ0v) is 16.4. The molecule has 0 bridgehead atoms. The van der Waals surface area contributed by atoms with Crippen molar-refractivity contribution >= 4 is 27.5 Å². The summed E-state index contributed by atoms with van der Waals surface area (Å²) in [6.45, 7) is 2.96. The van der Waals surface area contributed by atoms with Gasteiger partial charge in [0.25, 0.3) is 5.79 Å². The van der Waals surface area contributed by atoms with Gasteiger partial charge in [-0.15, -0.1) is 0 Å². The predicted molar refractivity (Wildman–Crippen MR) is 103 cm³/mol. The van der Waals surface area contributed by atoms with E-state index in [0.29, 0.717) is 5.69 Å². The quantitative estimate of drug-likeness (QED) is 0.478. The third-order valence-electron chi connectivity index (χ3n) is 3.98. The lowest BCUT2D eigenvalue weighted by molar-refractivity contribution is -0.222. The number of sulfone groups is 1. The molecule has 0 aliphatic carbocycles. The highest BCUT2D eigenvalue weighted by Gasteiger charge is 2.38. The zero-order chi connectivity index (χ0) is 20.5. The van der Waals surface area contributed by atoms with E-state index in [1.807, 2.05) is 6.07 Å². The standard InChI is InChI=1S/C20H19NO6S/c1-20(2)26-18(22)17(19(23)27-20)12-21-15-6-4-5-14(11-15)13-7-9-16(10-8-13)28(3,24)25/h4-12,21H,1-3H3. The molecule has 1 fully saturated rings. The Labute approximate surface area is 162 Å². The molecule has 0 amide bonds. The van der Waals surface area contributed by atoms with E-state index in [2.05, 4.69) is 5.32 Å². The Hall–Kier alpha value is -3.13. The van der Waals surface area contributed by atoms with E-state index in [1.54, 1.807) is 42.5 Å². The van der Waals surface area contributed by atoms with E-state index in [1.165, 1.54) is 20.0 Å². The lowest BCUT2D eigenvalue weighted by atomic mass is 10.1. The molecular formula is C20H19NO6S. The molecule has 2 aromatic rings. The normalized spacial score (nSPS) is 16.2. The molecule has 1 aliphatic heterocycles. The molecule has 1 heterocycles. The van der Waals surface area contributed by atoms with Crippen molar-refractivity contribution in [2.45, 2.75) is 24.5 Å². The van der Waals surface area contributed by atoms with Gasteiger partial charge < -0.3 is 14.8 Å². The van der Waals surface area contributed by atoms with E-state index in [4.69, 9.17) is 9.47 Å². The minimum Gasteiger partial charge on any atom is -0.419 e. The summed E-state index contributed by atoms with van der Waals surface area (Å²) in [5.41, 5.74) is 2.05. The Bertz CT molecular complexity index is 1050. The Morgan fingerprint density at radius 2 is 1.54 bits per heavy atom. The number of hydrogen-bond acceptors (Lipinski definition) is 7. The van der Waals surface area contributed by atoms with Crippen LogP contribution in [0.1, 0.15) is 13.8 Å². The Balaban J connectivity index is 1.81. The topological polar surface area (TPSA) is 98.8 Å². The summed E-state index contributed by atoms with van der Waals surface area (Å²) in [7, 11) is -3.26. The summed E-state index contributed by atoms with van der Waals surface area (Å²) in [6.07, 6.45) is 2.40. The summed E-state index contributed by atoms with van der Waals surface area (Å²) >= 11 is 0. The first-order chi connectivity index (χ1) is 13.0. The predicted octanol–water partition coefficient (Wildman–Crippen LogP) is 2.89. The number of carbonyl (C=O) groups is 2. The SMILES string of the molecule is CC1(C)OC(=O)C(=CNc2cccc(-c3ccc(S(C)(=O)=O)cc3)c2)C(=O)O1. The number of nitrogens with one attached hydrogen (secondary N) is 1. The number of benzene rings is 2. The Morgan fingerprint density at radius 3 is 2.11 bits per heavy atom.